The fraction of sp³-hybridized carbons (Fsp3) is 0.600. The highest BCUT2D eigenvalue weighted by molar-refractivity contribution is 5.33. The van der Waals surface area contributed by atoms with Crippen molar-refractivity contribution < 1.29 is 4.74 Å². The van der Waals surface area contributed by atoms with Gasteiger partial charge in [-0.25, -0.2) is 0 Å². The Balaban J connectivity index is 2.21. The van der Waals surface area contributed by atoms with Crippen LogP contribution in [0, 0.1) is 13.8 Å². The van der Waals surface area contributed by atoms with Gasteiger partial charge in [0.1, 0.15) is 0 Å². The summed E-state index contributed by atoms with van der Waals surface area (Å²) < 4.78 is 5.93. The van der Waals surface area contributed by atoms with Gasteiger partial charge in [0.25, 0.3) is 0 Å². The Hall–Kier alpha value is -0.940. The molecular weight excluding hydrogens is 238 g/mol. The lowest BCUT2D eigenvalue weighted by molar-refractivity contribution is -0.0457. The Morgan fingerprint density at radius 2 is 2.26 bits per heavy atom. The predicted octanol–water partition coefficient (Wildman–Crippen LogP) is 1.53. The van der Waals surface area contributed by atoms with Gasteiger partial charge in [-0.15, -0.1) is 0 Å². The first-order chi connectivity index (χ1) is 9.15. The number of nitrogens with two attached hydrogens (primary N) is 1. The van der Waals surface area contributed by atoms with Crippen LogP contribution in [0.3, 0.4) is 0 Å². The van der Waals surface area contributed by atoms with E-state index < -0.39 is 0 Å². The highest BCUT2D eigenvalue weighted by Crippen LogP contribution is 2.25. The molecule has 0 bridgehead atoms. The molecule has 2 rings (SSSR count). The molecule has 4 heteroatoms. The summed E-state index contributed by atoms with van der Waals surface area (Å²) >= 11 is 0. The van der Waals surface area contributed by atoms with E-state index in [0.29, 0.717) is 0 Å². The van der Waals surface area contributed by atoms with Crippen molar-refractivity contribution in [2.24, 2.45) is 5.84 Å². The van der Waals surface area contributed by atoms with E-state index in [1.54, 1.807) is 0 Å². The third kappa shape index (κ3) is 3.34. The van der Waals surface area contributed by atoms with Gasteiger partial charge in [0.15, 0.2) is 0 Å². The lowest BCUT2D eigenvalue weighted by Gasteiger charge is -2.37. The van der Waals surface area contributed by atoms with E-state index in [4.69, 9.17) is 10.6 Å². The second kappa shape index (κ2) is 6.48. The Labute approximate surface area is 115 Å². The summed E-state index contributed by atoms with van der Waals surface area (Å²) in [6, 6.07) is 6.53. The van der Waals surface area contributed by atoms with Crippen LogP contribution in [0.2, 0.25) is 0 Å². The number of hydrogen-bond donors (Lipinski definition) is 2. The van der Waals surface area contributed by atoms with E-state index in [2.05, 4.69) is 49.3 Å². The fourth-order valence-electron chi connectivity index (χ4n) is 2.71. The molecule has 0 spiro atoms. The molecule has 1 heterocycles. The molecule has 3 N–H and O–H groups in total. The van der Waals surface area contributed by atoms with Gasteiger partial charge in [0.05, 0.1) is 18.8 Å². The van der Waals surface area contributed by atoms with Crippen LogP contribution in [0.15, 0.2) is 18.2 Å². The Kier molecular flexibility index (Phi) is 4.93. The summed E-state index contributed by atoms with van der Waals surface area (Å²) in [5.41, 5.74) is 6.70. The maximum atomic E-state index is 5.93. The highest BCUT2D eigenvalue weighted by atomic mass is 16.5. The van der Waals surface area contributed by atoms with Crippen LogP contribution in [0.25, 0.3) is 0 Å². The molecule has 0 aromatic heterocycles. The number of likely N-dealkylation sites (N-methyl/N-ethyl adjacent to an activating group) is 1. The van der Waals surface area contributed by atoms with Crippen molar-refractivity contribution in [2.45, 2.75) is 32.9 Å². The molecule has 1 aliphatic rings. The molecule has 1 aliphatic heterocycles. The molecule has 19 heavy (non-hydrogen) atoms. The summed E-state index contributed by atoms with van der Waals surface area (Å²) in [5, 5.41) is 0. The SMILES string of the molecule is CCN1CCOC(C(NN)c2cc(C)ccc2C)C1. The number of nitrogens with one attached hydrogen (secondary N) is 1. The van der Waals surface area contributed by atoms with Crippen LogP contribution in [0.5, 0.6) is 0 Å². The first-order valence-electron chi connectivity index (χ1n) is 7.03. The summed E-state index contributed by atoms with van der Waals surface area (Å²) in [4.78, 5) is 2.41. The predicted molar refractivity (Wildman–Crippen MR) is 77.8 cm³/mol. The summed E-state index contributed by atoms with van der Waals surface area (Å²) in [7, 11) is 0. The first-order valence-corrected chi connectivity index (χ1v) is 7.03. The van der Waals surface area contributed by atoms with Gasteiger partial charge < -0.3 is 4.74 Å². The van der Waals surface area contributed by atoms with E-state index in [1.165, 1.54) is 16.7 Å². The molecule has 1 fully saturated rings. The van der Waals surface area contributed by atoms with Crippen LogP contribution >= 0.6 is 0 Å². The lowest BCUT2D eigenvalue weighted by atomic mass is 9.94. The third-order valence-corrected chi connectivity index (χ3v) is 3.95. The number of ether oxygens (including phenoxy) is 1. The minimum absolute atomic E-state index is 0.0502. The van der Waals surface area contributed by atoms with E-state index in [0.717, 1.165) is 26.2 Å². The molecule has 2 atom stereocenters. The number of nitrogens with zero attached hydrogens (tertiary/aromatic N) is 1. The summed E-state index contributed by atoms with van der Waals surface area (Å²) in [6.45, 7) is 10.2. The van der Waals surface area contributed by atoms with E-state index in [-0.39, 0.29) is 12.1 Å². The van der Waals surface area contributed by atoms with Crippen LogP contribution < -0.4 is 11.3 Å². The van der Waals surface area contributed by atoms with Gasteiger partial charge >= 0.3 is 0 Å². The highest BCUT2D eigenvalue weighted by Gasteiger charge is 2.28. The van der Waals surface area contributed by atoms with Crippen molar-refractivity contribution >= 4 is 0 Å². The zero-order chi connectivity index (χ0) is 13.8. The second-order valence-corrected chi connectivity index (χ2v) is 5.31. The topological polar surface area (TPSA) is 50.5 Å². The van der Waals surface area contributed by atoms with E-state index in [9.17, 15) is 0 Å². The van der Waals surface area contributed by atoms with E-state index >= 15 is 0 Å². The normalized spacial score (nSPS) is 22.4. The Morgan fingerprint density at radius 1 is 1.47 bits per heavy atom. The number of benzene rings is 1. The van der Waals surface area contributed by atoms with Gasteiger partial charge in [-0.05, 0) is 31.5 Å². The number of morpholine rings is 1. The van der Waals surface area contributed by atoms with Crippen molar-refractivity contribution in [3.05, 3.63) is 34.9 Å². The average Bonchev–Trinajstić information content (AvgIpc) is 2.44. The van der Waals surface area contributed by atoms with Gasteiger partial charge in [-0.3, -0.25) is 16.2 Å². The third-order valence-electron chi connectivity index (χ3n) is 3.95. The molecule has 0 amide bonds. The van der Waals surface area contributed by atoms with Crippen molar-refractivity contribution in [3.8, 4) is 0 Å². The molecule has 1 saturated heterocycles. The Bertz CT molecular complexity index is 422. The maximum absolute atomic E-state index is 5.93. The number of rotatable bonds is 4. The average molecular weight is 263 g/mol. The quantitative estimate of drug-likeness (QED) is 0.639. The minimum Gasteiger partial charge on any atom is -0.374 e. The van der Waals surface area contributed by atoms with Crippen LogP contribution in [-0.2, 0) is 4.74 Å². The monoisotopic (exact) mass is 263 g/mol. The van der Waals surface area contributed by atoms with E-state index in [1.807, 2.05) is 0 Å². The number of hydrazine groups is 1. The van der Waals surface area contributed by atoms with Gasteiger partial charge in [0, 0.05) is 13.1 Å². The zero-order valence-electron chi connectivity index (χ0n) is 12.1. The molecule has 4 nitrogen and oxygen atoms in total. The fourth-order valence-corrected chi connectivity index (χ4v) is 2.71. The largest absolute Gasteiger partial charge is 0.374 e. The van der Waals surface area contributed by atoms with Crippen LogP contribution in [0.1, 0.15) is 29.7 Å². The van der Waals surface area contributed by atoms with Gasteiger partial charge in [-0.2, -0.15) is 0 Å². The molecule has 2 unspecified atom stereocenters. The summed E-state index contributed by atoms with van der Waals surface area (Å²) in [5.74, 6) is 5.79. The van der Waals surface area contributed by atoms with Crippen molar-refractivity contribution in [2.75, 3.05) is 26.2 Å². The molecular formula is C15H25N3O. The van der Waals surface area contributed by atoms with Crippen LogP contribution in [0.4, 0.5) is 0 Å². The number of aryl methyl sites for hydroxylation is 2. The molecule has 0 aliphatic carbocycles. The van der Waals surface area contributed by atoms with Crippen molar-refractivity contribution in [1.29, 1.82) is 0 Å². The second-order valence-electron chi connectivity index (χ2n) is 5.31. The maximum Gasteiger partial charge on any atom is 0.0909 e. The first kappa shape index (κ1) is 14.5. The molecule has 1 aromatic rings. The summed E-state index contributed by atoms with van der Waals surface area (Å²) in [6.07, 6.45) is 0.110. The molecule has 0 radical (unpaired) electrons. The zero-order valence-corrected chi connectivity index (χ0v) is 12.1. The van der Waals surface area contributed by atoms with Gasteiger partial charge in [0.2, 0.25) is 0 Å². The Morgan fingerprint density at radius 3 is 2.95 bits per heavy atom. The van der Waals surface area contributed by atoms with Crippen LogP contribution in [-0.4, -0.2) is 37.2 Å². The number of hydrogen-bond acceptors (Lipinski definition) is 4. The smallest absolute Gasteiger partial charge is 0.0909 e. The lowest BCUT2D eigenvalue weighted by Crippen LogP contribution is -2.49. The van der Waals surface area contributed by atoms with Crippen molar-refractivity contribution in [1.82, 2.24) is 10.3 Å². The van der Waals surface area contributed by atoms with Crippen molar-refractivity contribution in [3.63, 3.8) is 0 Å². The molecule has 0 saturated carbocycles. The minimum atomic E-state index is 0.0502. The van der Waals surface area contributed by atoms with Gasteiger partial charge in [-0.1, -0.05) is 30.7 Å². The standard InChI is InChI=1S/C15H25N3O/c1-4-18-7-8-19-14(10-18)15(17-16)13-9-11(2)5-6-12(13)3/h5-6,9,14-15,17H,4,7-8,10,16H2,1-3H3. The molecule has 106 valence electrons. The molecule has 1 aromatic carbocycles.